The van der Waals surface area contributed by atoms with Crippen LogP contribution in [0.1, 0.15) is 67.8 Å². The van der Waals surface area contributed by atoms with Crippen LogP contribution in [0.15, 0.2) is 34.8 Å². The van der Waals surface area contributed by atoms with Crippen LogP contribution >= 0.6 is 15.9 Å². The number of nitrogens with one attached hydrogen (secondary N) is 1. The number of rotatable bonds is 5. The fourth-order valence-corrected chi connectivity index (χ4v) is 9.15. The Balaban J connectivity index is 1.15. The number of ether oxygens (including phenoxy) is 1. The highest BCUT2D eigenvalue weighted by molar-refractivity contribution is 9.10. The number of nitrogens with zero attached hydrogens (tertiary/aromatic N) is 4. The second-order valence-electron chi connectivity index (χ2n) is 13.0. The number of hydrogen-bond acceptors (Lipinski definition) is 7. The molecule has 8 rings (SSSR count). The number of alkyl halides is 1. The number of phenolic OH excluding ortho intramolecular Hbond substituents is 1. The zero-order valence-electron chi connectivity index (χ0n) is 23.3. The van der Waals surface area contributed by atoms with Crippen LogP contribution in [-0.4, -0.2) is 70.0 Å². The zero-order valence-corrected chi connectivity index (χ0v) is 24.9. The van der Waals surface area contributed by atoms with Crippen molar-refractivity contribution < 1.29 is 14.2 Å². The third kappa shape index (κ3) is 4.59. The summed E-state index contributed by atoms with van der Waals surface area (Å²) in [4.78, 5) is 14.8. The fourth-order valence-electron chi connectivity index (χ4n) is 8.57. The average molecular weight is 623 g/mol. The number of fused-ring (bicyclic) bond motifs is 5. The summed E-state index contributed by atoms with van der Waals surface area (Å²) in [6.07, 6.45) is 7.37. The maximum absolute atomic E-state index is 14.4. The van der Waals surface area contributed by atoms with Gasteiger partial charge in [-0.2, -0.15) is 9.97 Å². The van der Waals surface area contributed by atoms with Gasteiger partial charge in [0.05, 0.1) is 23.5 Å². The van der Waals surface area contributed by atoms with E-state index in [0.717, 1.165) is 71.8 Å². The van der Waals surface area contributed by atoms with Crippen molar-refractivity contribution in [3.8, 4) is 11.8 Å². The molecule has 216 valence electrons. The average Bonchev–Trinajstić information content (AvgIpc) is 3.61. The van der Waals surface area contributed by atoms with Gasteiger partial charge in [0.25, 0.3) is 0 Å². The highest BCUT2D eigenvalue weighted by Gasteiger charge is 2.49. The smallest absolute Gasteiger partial charge is 0.316 e. The summed E-state index contributed by atoms with van der Waals surface area (Å²) >= 11 is 3.75. The SMILES string of the molecule is Oc1cc(N2CCc3c(nc(OC[C@@]45CCCN4C[C@H](F)C5)nc3[C@H]3C[C@H]4CC[C@@H](C3)N4)C2)c2c(Br)cccc2c1. The van der Waals surface area contributed by atoms with Gasteiger partial charge in [-0.1, -0.05) is 28.1 Å². The molecule has 1 aromatic heterocycles. The second kappa shape index (κ2) is 10.1. The minimum atomic E-state index is -0.783. The van der Waals surface area contributed by atoms with Gasteiger partial charge in [-0.05, 0) is 74.6 Å². The molecule has 5 atom stereocenters. The molecule has 7 nitrogen and oxygen atoms in total. The molecule has 41 heavy (non-hydrogen) atoms. The normalized spacial score (nSPS) is 31.0. The summed E-state index contributed by atoms with van der Waals surface area (Å²) in [5, 5.41) is 16.5. The molecule has 9 heteroatoms. The van der Waals surface area contributed by atoms with E-state index in [1.807, 2.05) is 24.3 Å². The Labute approximate surface area is 248 Å². The van der Waals surface area contributed by atoms with E-state index in [0.29, 0.717) is 50.1 Å². The van der Waals surface area contributed by atoms with Gasteiger partial charge >= 0.3 is 6.01 Å². The summed E-state index contributed by atoms with van der Waals surface area (Å²) in [7, 11) is 0. The van der Waals surface area contributed by atoms with Crippen LogP contribution in [0.3, 0.4) is 0 Å². The Bertz CT molecular complexity index is 1490. The number of anilines is 1. The standard InChI is InChI=1S/C32H37BrFN5O2/c33-26-4-1-3-19-13-24(40)14-28(29(19)26)38-10-7-25-27(17-38)36-31(37-30(25)20-11-22-5-6-23(12-20)35-22)41-18-32-8-2-9-39(32)16-21(34)15-32/h1,3-4,13-14,20-23,35,40H,2,5-12,15-18H2/t20-,21-,22+,23-,32+/m1/s1. The van der Waals surface area contributed by atoms with Gasteiger partial charge in [-0.3, -0.25) is 4.90 Å². The van der Waals surface area contributed by atoms with Gasteiger partial charge in [0.2, 0.25) is 0 Å². The minimum absolute atomic E-state index is 0.231. The van der Waals surface area contributed by atoms with E-state index < -0.39 is 6.17 Å². The largest absolute Gasteiger partial charge is 0.508 e. The van der Waals surface area contributed by atoms with Gasteiger partial charge in [0, 0.05) is 59.1 Å². The lowest BCUT2D eigenvalue weighted by molar-refractivity contribution is 0.106. The molecule has 0 unspecified atom stereocenters. The molecule has 2 aromatic carbocycles. The van der Waals surface area contributed by atoms with Crippen LogP contribution in [-0.2, 0) is 13.0 Å². The first-order valence-corrected chi connectivity index (χ1v) is 16.1. The quantitative estimate of drug-likeness (QED) is 0.383. The number of halogens is 2. The summed E-state index contributed by atoms with van der Waals surface area (Å²) in [6, 6.07) is 11.3. The van der Waals surface area contributed by atoms with E-state index in [2.05, 4.69) is 37.1 Å². The van der Waals surface area contributed by atoms with Crippen LogP contribution in [0.4, 0.5) is 10.1 Å². The van der Waals surface area contributed by atoms with Gasteiger partial charge < -0.3 is 20.1 Å². The molecular weight excluding hydrogens is 585 g/mol. The van der Waals surface area contributed by atoms with Crippen LogP contribution in [0.5, 0.6) is 11.8 Å². The molecule has 0 saturated carbocycles. The third-order valence-corrected chi connectivity index (χ3v) is 11.1. The first kappa shape index (κ1) is 26.2. The van der Waals surface area contributed by atoms with Crippen LogP contribution in [0.25, 0.3) is 10.8 Å². The Kier molecular flexibility index (Phi) is 6.42. The Hall–Kier alpha value is -2.49. The molecule has 3 aromatic rings. The van der Waals surface area contributed by atoms with Gasteiger partial charge in [0.15, 0.2) is 0 Å². The lowest BCUT2D eigenvalue weighted by atomic mass is 9.85. The molecule has 2 N–H and O–H groups in total. The topological polar surface area (TPSA) is 73.8 Å². The lowest BCUT2D eigenvalue weighted by Crippen LogP contribution is -2.43. The molecule has 0 aliphatic carbocycles. The number of piperidine rings is 1. The number of hydrogen-bond donors (Lipinski definition) is 2. The van der Waals surface area contributed by atoms with Crippen molar-refractivity contribution in [2.75, 3.05) is 31.1 Å². The molecular formula is C32H37BrFN5O2. The van der Waals surface area contributed by atoms with E-state index in [9.17, 15) is 9.50 Å². The number of aromatic hydroxyl groups is 1. The summed E-state index contributed by atoms with van der Waals surface area (Å²) in [5.41, 5.74) is 4.22. The van der Waals surface area contributed by atoms with Crippen molar-refractivity contribution in [1.82, 2.24) is 20.2 Å². The highest BCUT2D eigenvalue weighted by Crippen LogP contribution is 2.43. The van der Waals surface area contributed by atoms with Gasteiger partial charge in [-0.15, -0.1) is 0 Å². The number of phenols is 1. The van der Waals surface area contributed by atoms with Crippen molar-refractivity contribution in [2.24, 2.45) is 0 Å². The predicted molar refractivity (Wildman–Crippen MR) is 161 cm³/mol. The van der Waals surface area contributed by atoms with E-state index in [1.165, 1.54) is 24.1 Å². The molecule has 5 aliphatic heterocycles. The van der Waals surface area contributed by atoms with E-state index in [-0.39, 0.29) is 11.3 Å². The van der Waals surface area contributed by atoms with Gasteiger partial charge in [-0.25, -0.2) is 4.39 Å². The maximum Gasteiger partial charge on any atom is 0.316 e. The van der Waals surface area contributed by atoms with Crippen molar-refractivity contribution in [2.45, 2.75) is 87.6 Å². The minimum Gasteiger partial charge on any atom is -0.508 e. The Morgan fingerprint density at radius 1 is 1.15 bits per heavy atom. The summed E-state index contributed by atoms with van der Waals surface area (Å²) < 4.78 is 21.9. The van der Waals surface area contributed by atoms with E-state index >= 15 is 0 Å². The molecule has 5 aliphatic rings. The van der Waals surface area contributed by atoms with E-state index in [4.69, 9.17) is 14.7 Å². The number of benzene rings is 2. The molecule has 0 spiro atoms. The zero-order chi connectivity index (χ0) is 27.7. The van der Waals surface area contributed by atoms with Crippen LogP contribution < -0.4 is 15.0 Å². The Morgan fingerprint density at radius 3 is 2.85 bits per heavy atom. The first-order valence-electron chi connectivity index (χ1n) is 15.3. The van der Waals surface area contributed by atoms with Crippen molar-refractivity contribution >= 4 is 32.4 Å². The van der Waals surface area contributed by atoms with Crippen LogP contribution in [0.2, 0.25) is 0 Å². The molecule has 4 fully saturated rings. The van der Waals surface area contributed by atoms with Crippen LogP contribution in [0, 0.1) is 0 Å². The van der Waals surface area contributed by atoms with E-state index in [1.54, 1.807) is 0 Å². The van der Waals surface area contributed by atoms with Crippen molar-refractivity contribution in [3.05, 3.63) is 51.8 Å². The Morgan fingerprint density at radius 2 is 2.00 bits per heavy atom. The summed E-state index contributed by atoms with van der Waals surface area (Å²) in [5.74, 6) is 0.662. The predicted octanol–water partition coefficient (Wildman–Crippen LogP) is 5.61. The van der Waals surface area contributed by atoms with Crippen molar-refractivity contribution in [1.29, 1.82) is 0 Å². The molecule has 0 amide bonds. The first-order chi connectivity index (χ1) is 19.9. The second-order valence-corrected chi connectivity index (χ2v) is 13.8. The lowest BCUT2D eigenvalue weighted by Gasteiger charge is -2.35. The molecule has 4 saturated heterocycles. The molecule has 6 heterocycles. The fraction of sp³-hybridized carbons (Fsp3) is 0.562. The molecule has 2 bridgehead atoms. The maximum atomic E-state index is 14.4. The van der Waals surface area contributed by atoms with Crippen molar-refractivity contribution in [3.63, 3.8) is 0 Å². The highest BCUT2D eigenvalue weighted by atomic mass is 79.9. The molecule has 0 radical (unpaired) electrons. The summed E-state index contributed by atoms with van der Waals surface area (Å²) in [6.45, 7) is 3.36. The van der Waals surface area contributed by atoms with Gasteiger partial charge in [0.1, 0.15) is 18.5 Å². The number of aromatic nitrogens is 2. The third-order valence-electron chi connectivity index (χ3n) is 10.4. The monoisotopic (exact) mass is 621 g/mol.